The number of esters is 1. The molecular formula is C13H22O5. The fourth-order valence-corrected chi connectivity index (χ4v) is 2.55. The molecule has 2 saturated heterocycles. The van der Waals surface area contributed by atoms with Gasteiger partial charge in [0, 0.05) is 13.0 Å². The Kier molecular flexibility index (Phi) is 4.59. The van der Waals surface area contributed by atoms with Gasteiger partial charge in [0.25, 0.3) is 0 Å². The predicted octanol–water partition coefficient (Wildman–Crippen LogP) is 1.64. The molecule has 0 aromatic carbocycles. The SMILES string of the molecule is COC(=O)CC1COC(C)(CC2CCCCO2)O1. The quantitative estimate of drug-likeness (QED) is 0.717. The molecule has 2 heterocycles. The maximum atomic E-state index is 11.2. The molecule has 2 aliphatic heterocycles. The number of carbonyl (C=O) groups excluding carboxylic acids is 1. The van der Waals surface area contributed by atoms with E-state index in [2.05, 4.69) is 4.74 Å². The second-order valence-electron chi connectivity index (χ2n) is 5.16. The molecule has 5 nitrogen and oxygen atoms in total. The van der Waals surface area contributed by atoms with Gasteiger partial charge < -0.3 is 18.9 Å². The van der Waals surface area contributed by atoms with E-state index in [4.69, 9.17) is 14.2 Å². The first kappa shape index (κ1) is 13.8. The van der Waals surface area contributed by atoms with Crippen molar-refractivity contribution >= 4 is 5.97 Å². The van der Waals surface area contributed by atoms with E-state index in [0.29, 0.717) is 6.61 Å². The van der Waals surface area contributed by atoms with Crippen LogP contribution in [0.2, 0.25) is 0 Å². The number of carbonyl (C=O) groups is 1. The Morgan fingerprint density at radius 1 is 1.39 bits per heavy atom. The molecule has 0 amide bonds. The fraction of sp³-hybridized carbons (Fsp3) is 0.923. The van der Waals surface area contributed by atoms with E-state index in [-0.39, 0.29) is 24.6 Å². The molecule has 0 radical (unpaired) electrons. The van der Waals surface area contributed by atoms with Crippen LogP contribution in [0.3, 0.4) is 0 Å². The van der Waals surface area contributed by atoms with Crippen LogP contribution < -0.4 is 0 Å². The first-order valence-electron chi connectivity index (χ1n) is 6.61. The minimum atomic E-state index is -0.624. The van der Waals surface area contributed by atoms with Crippen LogP contribution in [-0.2, 0) is 23.7 Å². The molecule has 0 aromatic heterocycles. The highest BCUT2D eigenvalue weighted by atomic mass is 16.7. The summed E-state index contributed by atoms with van der Waals surface area (Å²) in [6, 6.07) is 0. The summed E-state index contributed by atoms with van der Waals surface area (Å²) in [6.45, 7) is 3.19. The summed E-state index contributed by atoms with van der Waals surface area (Å²) in [5, 5.41) is 0. The van der Waals surface area contributed by atoms with Crippen LogP contribution in [0.25, 0.3) is 0 Å². The maximum absolute atomic E-state index is 11.2. The van der Waals surface area contributed by atoms with E-state index in [1.165, 1.54) is 13.5 Å². The average molecular weight is 258 g/mol. The zero-order valence-electron chi connectivity index (χ0n) is 11.1. The maximum Gasteiger partial charge on any atom is 0.308 e. The molecule has 0 aliphatic carbocycles. The molecule has 2 fully saturated rings. The van der Waals surface area contributed by atoms with Crippen molar-refractivity contribution in [1.82, 2.24) is 0 Å². The predicted molar refractivity (Wildman–Crippen MR) is 64.1 cm³/mol. The van der Waals surface area contributed by atoms with Gasteiger partial charge in [-0.3, -0.25) is 4.79 Å². The van der Waals surface area contributed by atoms with Gasteiger partial charge in [0.2, 0.25) is 0 Å². The summed E-state index contributed by atoms with van der Waals surface area (Å²) < 4.78 is 21.8. The molecule has 0 aromatic rings. The highest BCUT2D eigenvalue weighted by Crippen LogP contribution is 2.32. The Labute approximate surface area is 108 Å². The van der Waals surface area contributed by atoms with Gasteiger partial charge >= 0.3 is 5.97 Å². The third-order valence-corrected chi connectivity index (χ3v) is 3.48. The minimum absolute atomic E-state index is 0.203. The summed E-state index contributed by atoms with van der Waals surface area (Å²) in [5.41, 5.74) is 0. The van der Waals surface area contributed by atoms with Crippen molar-refractivity contribution in [2.45, 2.75) is 57.0 Å². The Hall–Kier alpha value is -0.650. The minimum Gasteiger partial charge on any atom is -0.469 e. The lowest BCUT2D eigenvalue weighted by Gasteiger charge is -2.30. The zero-order valence-corrected chi connectivity index (χ0v) is 11.1. The van der Waals surface area contributed by atoms with Crippen LogP contribution in [0.5, 0.6) is 0 Å². The summed E-state index contributed by atoms with van der Waals surface area (Å²) in [5.74, 6) is -0.887. The topological polar surface area (TPSA) is 54.0 Å². The highest BCUT2D eigenvalue weighted by Gasteiger charge is 2.40. The Morgan fingerprint density at radius 3 is 2.89 bits per heavy atom. The Bertz CT molecular complexity index is 287. The standard InChI is InChI=1S/C13H22O5/c1-13(8-10-5-3-4-6-16-10)17-9-11(18-13)7-12(14)15-2/h10-11H,3-9H2,1-2H3. The lowest BCUT2D eigenvalue weighted by atomic mass is 10.0. The van der Waals surface area contributed by atoms with Gasteiger partial charge in [-0.2, -0.15) is 0 Å². The van der Waals surface area contributed by atoms with E-state index in [0.717, 1.165) is 25.9 Å². The molecule has 0 spiro atoms. The molecule has 2 rings (SSSR count). The lowest BCUT2D eigenvalue weighted by Crippen LogP contribution is -2.34. The van der Waals surface area contributed by atoms with E-state index in [1.54, 1.807) is 0 Å². The summed E-state index contributed by atoms with van der Waals surface area (Å²) >= 11 is 0. The van der Waals surface area contributed by atoms with E-state index in [9.17, 15) is 4.79 Å². The van der Waals surface area contributed by atoms with E-state index in [1.807, 2.05) is 6.92 Å². The van der Waals surface area contributed by atoms with Crippen molar-refractivity contribution < 1.29 is 23.7 Å². The van der Waals surface area contributed by atoms with E-state index >= 15 is 0 Å². The number of ether oxygens (including phenoxy) is 4. The zero-order chi connectivity index (χ0) is 13.0. The van der Waals surface area contributed by atoms with Gasteiger partial charge in [-0.05, 0) is 26.2 Å². The third-order valence-electron chi connectivity index (χ3n) is 3.48. The van der Waals surface area contributed by atoms with Gasteiger partial charge in [-0.15, -0.1) is 0 Å². The normalized spacial score (nSPS) is 36.6. The third kappa shape index (κ3) is 3.67. The second-order valence-corrected chi connectivity index (χ2v) is 5.16. The van der Waals surface area contributed by atoms with Gasteiger partial charge in [-0.25, -0.2) is 0 Å². The van der Waals surface area contributed by atoms with Crippen LogP contribution in [0.1, 0.15) is 39.0 Å². The summed E-state index contributed by atoms with van der Waals surface area (Å²) in [4.78, 5) is 11.2. The molecule has 18 heavy (non-hydrogen) atoms. The number of rotatable bonds is 4. The highest BCUT2D eigenvalue weighted by molar-refractivity contribution is 5.69. The summed E-state index contributed by atoms with van der Waals surface area (Å²) in [6.07, 6.45) is 4.38. The molecule has 2 aliphatic rings. The van der Waals surface area contributed by atoms with Crippen molar-refractivity contribution in [2.75, 3.05) is 20.3 Å². The molecule has 3 atom stereocenters. The number of hydrogen-bond donors (Lipinski definition) is 0. The monoisotopic (exact) mass is 258 g/mol. The van der Waals surface area contributed by atoms with Crippen molar-refractivity contribution in [1.29, 1.82) is 0 Å². The molecular weight excluding hydrogens is 236 g/mol. The largest absolute Gasteiger partial charge is 0.469 e. The average Bonchev–Trinajstić information content (AvgIpc) is 2.71. The molecule has 3 unspecified atom stereocenters. The van der Waals surface area contributed by atoms with Crippen LogP contribution in [0.15, 0.2) is 0 Å². The van der Waals surface area contributed by atoms with E-state index < -0.39 is 5.79 Å². The van der Waals surface area contributed by atoms with Crippen LogP contribution >= 0.6 is 0 Å². The van der Waals surface area contributed by atoms with Crippen molar-refractivity contribution in [3.8, 4) is 0 Å². The van der Waals surface area contributed by atoms with Crippen LogP contribution in [-0.4, -0.2) is 44.3 Å². The first-order valence-corrected chi connectivity index (χ1v) is 6.61. The van der Waals surface area contributed by atoms with Crippen molar-refractivity contribution in [2.24, 2.45) is 0 Å². The van der Waals surface area contributed by atoms with Crippen LogP contribution in [0.4, 0.5) is 0 Å². The molecule has 5 heteroatoms. The molecule has 0 N–H and O–H groups in total. The number of hydrogen-bond acceptors (Lipinski definition) is 5. The van der Waals surface area contributed by atoms with Crippen molar-refractivity contribution in [3.05, 3.63) is 0 Å². The second kappa shape index (κ2) is 5.99. The van der Waals surface area contributed by atoms with Gasteiger partial charge in [0.05, 0.1) is 32.3 Å². The smallest absolute Gasteiger partial charge is 0.308 e. The Balaban J connectivity index is 1.79. The van der Waals surface area contributed by atoms with Crippen molar-refractivity contribution in [3.63, 3.8) is 0 Å². The van der Waals surface area contributed by atoms with Gasteiger partial charge in [0.15, 0.2) is 5.79 Å². The number of methoxy groups -OCH3 is 1. The van der Waals surface area contributed by atoms with Gasteiger partial charge in [-0.1, -0.05) is 0 Å². The van der Waals surface area contributed by atoms with Gasteiger partial charge in [0.1, 0.15) is 0 Å². The lowest BCUT2D eigenvalue weighted by molar-refractivity contribution is -0.183. The molecule has 104 valence electrons. The molecule has 0 bridgehead atoms. The fourth-order valence-electron chi connectivity index (χ4n) is 2.55. The first-order chi connectivity index (χ1) is 8.61. The summed E-state index contributed by atoms with van der Waals surface area (Å²) in [7, 11) is 1.38. The Morgan fingerprint density at radius 2 is 2.22 bits per heavy atom. The molecule has 0 saturated carbocycles. The van der Waals surface area contributed by atoms with Crippen LogP contribution in [0, 0.1) is 0 Å².